The van der Waals surface area contributed by atoms with Crippen molar-refractivity contribution in [2.24, 2.45) is 11.3 Å². The molecule has 0 aliphatic carbocycles. The predicted molar refractivity (Wildman–Crippen MR) is 105 cm³/mol. The zero-order valence-corrected chi connectivity index (χ0v) is 16.9. The number of piperidine rings is 1. The number of hydrogen-bond donors (Lipinski definition) is 0. The molecular formula is C20H34N2O2S. The highest BCUT2D eigenvalue weighted by Gasteiger charge is 2.26. The minimum absolute atomic E-state index is 0.239. The molecule has 2 aliphatic heterocycles. The second kappa shape index (κ2) is 9.65. The maximum absolute atomic E-state index is 12.9. The van der Waals surface area contributed by atoms with Crippen LogP contribution >= 0.6 is 11.8 Å². The van der Waals surface area contributed by atoms with Crippen LogP contribution in [0.25, 0.3) is 0 Å². The summed E-state index contributed by atoms with van der Waals surface area (Å²) in [5, 5.41) is 2.10. The summed E-state index contributed by atoms with van der Waals surface area (Å²) >= 11 is 1.78. The second-order valence-corrected chi connectivity index (χ2v) is 9.13. The van der Waals surface area contributed by atoms with Crippen LogP contribution in [0.5, 0.6) is 0 Å². The molecule has 25 heavy (non-hydrogen) atoms. The molecule has 2 heterocycles. The van der Waals surface area contributed by atoms with Crippen molar-refractivity contribution in [2.45, 2.75) is 59.3 Å². The number of thioether (sulfide) groups is 1. The minimum atomic E-state index is 0.239. The summed E-state index contributed by atoms with van der Waals surface area (Å²) in [5.41, 5.74) is 1.31. The van der Waals surface area contributed by atoms with E-state index in [2.05, 4.69) is 31.1 Å². The molecule has 2 fully saturated rings. The van der Waals surface area contributed by atoms with Crippen molar-refractivity contribution in [3.63, 3.8) is 0 Å². The van der Waals surface area contributed by atoms with E-state index in [9.17, 15) is 9.59 Å². The number of nitrogens with zero attached hydrogens (tertiary/aromatic N) is 2. The first-order chi connectivity index (χ1) is 11.9. The lowest BCUT2D eigenvalue weighted by molar-refractivity contribution is -0.127. The first-order valence-electron chi connectivity index (χ1n) is 9.74. The first-order valence-corrected chi connectivity index (χ1v) is 10.8. The van der Waals surface area contributed by atoms with Gasteiger partial charge in [-0.1, -0.05) is 20.8 Å². The smallest absolute Gasteiger partial charge is 0.250 e. The van der Waals surface area contributed by atoms with Crippen LogP contribution in [0.1, 0.15) is 59.3 Å². The maximum atomic E-state index is 12.9. The maximum Gasteiger partial charge on any atom is 0.250 e. The summed E-state index contributed by atoms with van der Waals surface area (Å²) in [5.74, 6) is 1.95. The summed E-state index contributed by atoms with van der Waals surface area (Å²) in [7, 11) is 0. The Morgan fingerprint density at radius 1 is 1.16 bits per heavy atom. The molecule has 0 aromatic rings. The summed E-state index contributed by atoms with van der Waals surface area (Å²) < 4.78 is 0. The van der Waals surface area contributed by atoms with Crippen molar-refractivity contribution in [3.05, 3.63) is 11.0 Å². The average Bonchev–Trinajstić information content (AvgIpc) is 2.79. The van der Waals surface area contributed by atoms with Gasteiger partial charge in [0, 0.05) is 37.5 Å². The molecule has 0 N–H and O–H groups in total. The van der Waals surface area contributed by atoms with Crippen molar-refractivity contribution >= 4 is 24.1 Å². The van der Waals surface area contributed by atoms with Gasteiger partial charge in [-0.2, -0.15) is 0 Å². The van der Waals surface area contributed by atoms with Crippen LogP contribution in [0.3, 0.4) is 0 Å². The lowest BCUT2D eigenvalue weighted by Crippen LogP contribution is -2.33. The molecule has 0 aromatic carbocycles. The van der Waals surface area contributed by atoms with Crippen LogP contribution < -0.4 is 0 Å². The van der Waals surface area contributed by atoms with E-state index in [1.54, 1.807) is 11.8 Å². The molecule has 5 heteroatoms. The fourth-order valence-corrected chi connectivity index (χ4v) is 4.79. The number of hydrogen-bond acceptors (Lipinski definition) is 3. The number of carbonyl (C=O) groups is 2. The average molecular weight is 367 g/mol. The Balaban J connectivity index is 1.82. The third-order valence-corrected chi connectivity index (χ3v) is 6.75. The molecule has 0 spiro atoms. The van der Waals surface area contributed by atoms with Gasteiger partial charge in [-0.3, -0.25) is 9.59 Å². The molecule has 0 radical (unpaired) electrons. The molecule has 0 unspecified atom stereocenters. The van der Waals surface area contributed by atoms with Crippen molar-refractivity contribution in [2.75, 3.05) is 31.9 Å². The van der Waals surface area contributed by atoms with Crippen LogP contribution in [0.15, 0.2) is 11.0 Å². The molecule has 2 saturated heterocycles. The van der Waals surface area contributed by atoms with Crippen LogP contribution in [0.2, 0.25) is 0 Å². The van der Waals surface area contributed by atoms with Gasteiger partial charge in [0.05, 0.1) is 0 Å². The van der Waals surface area contributed by atoms with Gasteiger partial charge >= 0.3 is 0 Å². The third-order valence-electron chi connectivity index (χ3n) is 5.64. The van der Waals surface area contributed by atoms with Crippen LogP contribution in [-0.2, 0) is 9.59 Å². The van der Waals surface area contributed by atoms with Gasteiger partial charge in [0.2, 0.25) is 12.3 Å². The molecule has 0 saturated carbocycles. The molecule has 0 bridgehead atoms. The molecular weight excluding hydrogens is 332 g/mol. The van der Waals surface area contributed by atoms with E-state index >= 15 is 0 Å². The van der Waals surface area contributed by atoms with Crippen molar-refractivity contribution in [3.8, 4) is 0 Å². The van der Waals surface area contributed by atoms with E-state index in [4.69, 9.17) is 0 Å². The Kier molecular flexibility index (Phi) is 7.85. The van der Waals surface area contributed by atoms with Crippen LogP contribution in [0, 0.1) is 11.3 Å². The Morgan fingerprint density at radius 2 is 1.88 bits per heavy atom. The molecule has 2 amide bonds. The number of amides is 2. The lowest BCUT2D eigenvalue weighted by atomic mass is 9.85. The number of carbonyl (C=O) groups excluding carboxylic acids is 2. The SMILES string of the molecule is CC/C(=C\SCC1CCN(C=O)CC1)C(=O)N1CCCC(C)(C)CC1. The monoisotopic (exact) mass is 366 g/mol. The van der Waals surface area contributed by atoms with E-state index in [0.29, 0.717) is 11.3 Å². The fourth-order valence-electron chi connectivity index (χ4n) is 3.62. The van der Waals surface area contributed by atoms with E-state index in [1.165, 1.54) is 6.42 Å². The van der Waals surface area contributed by atoms with E-state index in [0.717, 1.165) is 76.0 Å². The Hall–Kier alpha value is -0.970. The number of likely N-dealkylation sites (tertiary alicyclic amines) is 2. The Bertz CT molecular complexity index is 482. The zero-order valence-electron chi connectivity index (χ0n) is 16.1. The van der Waals surface area contributed by atoms with Crippen molar-refractivity contribution < 1.29 is 9.59 Å². The third kappa shape index (κ3) is 6.36. The van der Waals surface area contributed by atoms with Gasteiger partial charge in [-0.15, -0.1) is 11.8 Å². The van der Waals surface area contributed by atoms with E-state index in [-0.39, 0.29) is 5.91 Å². The van der Waals surface area contributed by atoms with E-state index < -0.39 is 0 Å². The minimum Gasteiger partial charge on any atom is -0.345 e. The van der Waals surface area contributed by atoms with Gasteiger partial charge in [-0.25, -0.2) is 0 Å². The summed E-state index contributed by atoms with van der Waals surface area (Å²) in [6, 6.07) is 0. The highest BCUT2D eigenvalue weighted by molar-refractivity contribution is 8.02. The van der Waals surface area contributed by atoms with Gasteiger partial charge in [0.25, 0.3) is 0 Å². The Labute approximate surface area is 157 Å². The quantitative estimate of drug-likeness (QED) is 0.528. The van der Waals surface area contributed by atoms with Gasteiger partial charge in [0.15, 0.2) is 0 Å². The summed E-state index contributed by atoms with van der Waals surface area (Å²) in [4.78, 5) is 27.5. The Morgan fingerprint density at radius 3 is 2.52 bits per heavy atom. The highest BCUT2D eigenvalue weighted by Crippen LogP contribution is 2.30. The number of rotatable bonds is 6. The van der Waals surface area contributed by atoms with Crippen LogP contribution in [0.4, 0.5) is 0 Å². The van der Waals surface area contributed by atoms with E-state index in [1.807, 2.05) is 4.90 Å². The van der Waals surface area contributed by atoms with Crippen molar-refractivity contribution in [1.29, 1.82) is 0 Å². The summed E-state index contributed by atoms with van der Waals surface area (Å²) in [6.45, 7) is 10.2. The molecule has 2 aliphatic rings. The normalized spacial score (nSPS) is 22.6. The molecule has 0 aromatic heterocycles. The predicted octanol–water partition coefficient (Wildman–Crippen LogP) is 3.92. The molecule has 2 rings (SSSR count). The molecule has 0 atom stereocenters. The second-order valence-electron chi connectivity index (χ2n) is 8.22. The highest BCUT2D eigenvalue weighted by atomic mass is 32.2. The lowest BCUT2D eigenvalue weighted by Gasteiger charge is -2.28. The molecule has 4 nitrogen and oxygen atoms in total. The van der Waals surface area contributed by atoms with Gasteiger partial charge in [0.1, 0.15) is 0 Å². The first kappa shape index (κ1) is 20.3. The zero-order chi connectivity index (χ0) is 18.3. The molecule has 142 valence electrons. The standard InChI is InChI=1S/C20H34N2O2S/c1-4-18(15-25-14-17-6-11-21(16-23)12-7-17)19(24)22-10-5-8-20(2,3)9-13-22/h15-17H,4-14H2,1-3H3/b18-15+. The summed E-state index contributed by atoms with van der Waals surface area (Å²) in [6.07, 6.45) is 7.33. The van der Waals surface area contributed by atoms with Gasteiger partial charge in [-0.05, 0) is 55.3 Å². The largest absolute Gasteiger partial charge is 0.345 e. The van der Waals surface area contributed by atoms with Gasteiger partial charge < -0.3 is 9.80 Å². The topological polar surface area (TPSA) is 40.6 Å². The van der Waals surface area contributed by atoms with Crippen LogP contribution in [-0.4, -0.2) is 54.0 Å². The fraction of sp³-hybridized carbons (Fsp3) is 0.800. The van der Waals surface area contributed by atoms with Crippen molar-refractivity contribution in [1.82, 2.24) is 9.80 Å².